The number of alkyl halides is 1. The van der Waals surface area contributed by atoms with Gasteiger partial charge in [0.2, 0.25) is 0 Å². The fourth-order valence-corrected chi connectivity index (χ4v) is 1.02. The molecule has 3 N–H and O–H groups in total. The van der Waals surface area contributed by atoms with Gasteiger partial charge in [-0.15, -0.1) is 0 Å². The van der Waals surface area contributed by atoms with E-state index in [0.29, 0.717) is 19.5 Å². The fraction of sp³-hybridized carbons (Fsp3) is 0.875. The lowest BCUT2D eigenvalue weighted by atomic mass is 10.3. The minimum atomic E-state index is -0.334. The van der Waals surface area contributed by atoms with Gasteiger partial charge in [0.1, 0.15) is 0 Å². The number of halogens is 1. The predicted molar refractivity (Wildman–Crippen MR) is 50.7 cm³/mol. The molecule has 0 atom stereocenters. The Morgan fingerprint density at radius 2 is 2.23 bits per heavy atom. The smallest absolute Gasteiger partial charge is 0.153 e. The van der Waals surface area contributed by atoms with E-state index in [0.717, 1.165) is 0 Å². The predicted octanol–water partition coefficient (Wildman–Crippen LogP) is 0.803. The van der Waals surface area contributed by atoms with Crippen LogP contribution in [0.25, 0.3) is 0 Å². The second kappa shape index (κ2) is 6.65. The Balaban J connectivity index is 3.94. The summed E-state index contributed by atoms with van der Waals surface area (Å²) in [5.41, 5.74) is 5.35. The van der Waals surface area contributed by atoms with Gasteiger partial charge in [0.15, 0.2) is 5.84 Å². The van der Waals surface area contributed by atoms with Crippen LogP contribution >= 0.6 is 0 Å². The lowest BCUT2D eigenvalue weighted by Gasteiger charge is -2.24. The minimum absolute atomic E-state index is 0.160. The van der Waals surface area contributed by atoms with E-state index < -0.39 is 0 Å². The fourth-order valence-electron chi connectivity index (χ4n) is 1.02. The molecule has 0 aromatic heterocycles. The van der Waals surface area contributed by atoms with Gasteiger partial charge in [0, 0.05) is 12.6 Å². The van der Waals surface area contributed by atoms with E-state index in [1.54, 1.807) is 0 Å². The van der Waals surface area contributed by atoms with Crippen LogP contribution in [0.15, 0.2) is 5.16 Å². The molecule has 4 nitrogen and oxygen atoms in total. The van der Waals surface area contributed by atoms with Gasteiger partial charge in [-0.25, -0.2) is 0 Å². The summed E-state index contributed by atoms with van der Waals surface area (Å²) in [4.78, 5) is 1.95. The molecule has 0 aliphatic heterocycles. The Morgan fingerprint density at radius 1 is 1.62 bits per heavy atom. The molecule has 0 fully saturated rings. The molecular weight excluding hydrogens is 173 g/mol. The van der Waals surface area contributed by atoms with Crippen molar-refractivity contribution in [3.8, 4) is 0 Å². The zero-order chi connectivity index (χ0) is 10.3. The third-order valence-corrected chi connectivity index (χ3v) is 1.80. The highest BCUT2D eigenvalue weighted by molar-refractivity contribution is 5.81. The van der Waals surface area contributed by atoms with Gasteiger partial charge in [-0.1, -0.05) is 5.16 Å². The van der Waals surface area contributed by atoms with E-state index in [1.165, 1.54) is 0 Å². The van der Waals surface area contributed by atoms with Crippen molar-refractivity contribution in [2.24, 2.45) is 10.9 Å². The molecule has 0 aromatic carbocycles. The van der Waals surface area contributed by atoms with Crippen molar-refractivity contribution in [3.05, 3.63) is 0 Å². The van der Waals surface area contributed by atoms with Crippen LogP contribution in [0.2, 0.25) is 0 Å². The molecule has 0 unspecified atom stereocenters. The number of rotatable bonds is 6. The van der Waals surface area contributed by atoms with Crippen LogP contribution in [0, 0.1) is 0 Å². The first-order valence-corrected chi connectivity index (χ1v) is 4.38. The average Bonchev–Trinajstić information content (AvgIpc) is 2.11. The van der Waals surface area contributed by atoms with Gasteiger partial charge >= 0.3 is 0 Å². The molecule has 0 bridgehead atoms. The van der Waals surface area contributed by atoms with Gasteiger partial charge < -0.3 is 10.9 Å². The van der Waals surface area contributed by atoms with Crippen LogP contribution in [-0.4, -0.2) is 41.7 Å². The number of hydrogen-bond donors (Lipinski definition) is 2. The highest BCUT2D eigenvalue weighted by atomic mass is 19.1. The van der Waals surface area contributed by atoms with E-state index >= 15 is 0 Å². The summed E-state index contributed by atoms with van der Waals surface area (Å²) in [7, 11) is 0. The maximum absolute atomic E-state index is 11.9. The normalized spacial score (nSPS) is 12.8. The minimum Gasteiger partial charge on any atom is -0.409 e. The Hall–Kier alpha value is -0.840. The molecular formula is C8H18FN3O. The molecule has 5 heteroatoms. The van der Waals surface area contributed by atoms with Gasteiger partial charge in [0.25, 0.3) is 0 Å². The first kappa shape index (κ1) is 12.2. The first-order valence-electron chi connectivity index (χ1n) is 4.38. The van der Waals surface area contributed by atoms with Crippen molar-refractivity contribution in [2.45, 2.75) is 26.3 Å². The Kier molecular flexibility index (Phi) is 6.22. The summed E-state index contributed by atoms with van der Waals surface area (Å²) in [6, 6.07) is 0.270. The molecule has 0 aromatic rings. The van der Waals surface area contributed by atoms with Crippen molar-refractivity contribution in [2.75, 3.05) is 19.8 Å². The lowest BCUT2D eigenvalue weighted by Crippen LogP contribution is -2.39. The highest BCUT2D eigenvalue weighted by Crippen LogP contribution is 1.99. The topological polar surface area (TPSA) is 61.8 Å². The monoisotopic (exact) mass is 191 g/mol. The third kappa shape index (κ3) is 5.41. The zero-order valence-corrected chi connectivity index (χ0v) is 8.20. The summed E-state index contributed by atoms with van der Waals surface area (Å²) in [6.45, 7) is 4.66. The van der Waals surface area contributed by atoms with Gasteiger partial charge in [-0.2, -0.15) is 0 Å². The van der Waals surface area contributed by atoms with Gasteiger partial charge in [0.05, 0.1) is 13.2 Å². The number of nitrogens with two attached hydrogens (primary N) is 1. The first-order chi connectivity index (χ1) is 6.11. The van der Waals surface area contributed by atoms with Crippen LogP contribution in [0.1, 0.15) is 20.3 Å². The van der Waals surface area contributed by atoms with Crippen molar-refractivity contribution < 1.29 is 9.60 Å². The number of amidine groups is 1. The molecule has 78 valence electrons. The van der Waals surface area contributed by atoms with Crippen LogP contribution in [-0.2, 0) is 0 Å². The van der Waals surface area contributed by atoms with Gasteiger partial charge in [-0.05, 0) is 20.3 Å². The second-order valence-electron chi connectivity index (χ2n) is 3.20. The Morgan fingerprint density at radius 3 is 2.62 bits per heavy atom. The van der Waals surface area contributed by atoms with Crippen LogP contribution in [0.3, 0.4) is 0 Å². The molecule has 0 amide bonds. The average molecular weight is 191 g/mol. The van der Waals surface area contributed by atoms with E-state index in [1.807, 2.05) is 18.7 Å². The van der Waals surface area contributed by atoms with Crippen molar-refractivity contribution in [1.82, 2.24) is 4.90 Å². The lowest BCUT2D eigenvalue weighted by molar-refractivity contribution is 0.235. The van der Waals surface area contributed by atoms with Gasteiger partial charge in [-0.3, -0.25) is 9.29 Å². The molecule has 0 saturated heterocycles. The summed E-state index contributed by atoms with van der Waals surface area (Å²) < 4.78 is 11.9. The van der Waals surface area contributed by atoms with Crippen molar-refractivity contribution in [1.29, 1.82) is 0 Å². The molecule has 0 radical (unpaired) electrons. The van der Waals surface area contributed by atoms with Crippen molar-refractivity contribution >= 4 is 5.84 Å². The number of hydrogen-bond acceptors (Lipinski definition) is 3. The molecule has 0 aliphatic carbocycles. The summed E-state index contributed by atoms with van der Waals surface area (Å²) in [6.07, 6.45) is 0.483. The van der Waals surface area contributed by atoms with Crippen LogP contribution < -0.4 is 5.73 Å². The Bertz CT molecular complexity index is 161. The summed E-state index contributed by atoms with van der Waals surface area (Å²) in [5, 5.41) is 11.2. The maximum atomic E-state index is 11.9. The summed E-state index contributed by atoms with van der Waals surface area (Å²) in [5.74, 6) is 0.160. The molecule has 0 saturated carbocycles. The van der Waals surface area contributed by atoms with Crippen molar-refractivity contribution in [3.63, 3.8) is 0 Å². The van der Waals surface area contributed by atoms with Crippen LogP contribution in [0.5, 0.6) is 0 Å². The molecule has 13 heavy (non-hydrogen) atoms. The quantitative estimate of drug-likeness (QED) is 0.282. The number of oxime groups is 1. The largest absolute Gasteiger partial charge is 0.409 e. The van der Waals surface area contributed by atoms with Crippen LogP contribution in [0.4, 0.5) is 4.39 Å². The SMILES string of the molecule is CC(C)N(CCCF)CC(N)=NO. The van der Waals surface area contributed by atoms with E-state index in [2.05, 4.69) is 5.16 Å². The molecule has 0 aliphatic rings. The molecule has 0 spiro atoms. The summed E-state index contributed by atoms with van der Waals surface area (Å²) >= 11 is 0. The Labute approximate surface area is 78.2 Å². The zero-order valence-electron chi connectivity index (χ0n) is 8.20. The van der Waals surface area contributed by atoms with E-state index in [4.69, 9.17) is 10.9 Å². The van der Waals surface area contributed by atoms with E-state index in [-0.39, 0.29) is 18.6 Å². The van der Waals surface area contributed by atoms with E-state index in [9.17, 15) is 4.39 Å². The standard InChI is InChI=1S/C8H18FN3O/c1-7(2)12(5-3-4-9)6-8(10)11-13/h7,13H,3-6H2,1-2H3,(H2,10,11). The second-order valence-corrected chi connectivity index (χ2v) is 3.20. The molecule has 0 rings (SSSR count). The maximum Gasteiger partial charge on any atom is 0.153 e. The highest BCUT2D eigenvalue weighted by Gasteiger charge is 2.10. The molecule has 0 heterocycles. The third-order valence-electron chi connectivity index (χ3n) is 1.80. The number of nitrogens with zero attached hydrogens (tertiary/aromatic N) is 2.